The van der Waals surface area contributed by atoms with Gasteiger partial charge in [0, 0.05) is 5.56 Å². The van der Waals surface area contributed by atoms with Gasteiger partial charge in [-0.25, -0.2) is 0 Å². The van der Waals surface area contributed by atoms with Crippen molar-refractivity contribution in [3.05, 3.63) is 107 Å². The minimum Gasteiger partial charge on any atom is -0.368 e. The molecule has 3 aromatic rings. The predicted molar refractivity (Wildman–Crippen MR) is 143 cm³/mol. The van der Waals surface area contributed by atoms with Crippen molar-refractivity contribution < 1.29 is 28.5 Å². The van der Waals surface area contributed by atoms with Gasteiger partial charge in [-0.2, -0.15) is 0 Å². The molecule has 0 spiro atoms. The van der Waals surface area contributed by atoms with E-state index in [1.807, 2.05) is 67.6 Å². The van der Waals surface area contributed by atoms with Crippen molar-refractivity contribution in [2.75, 3.05) is 12.4 Å². The van der Waals surface area contributed by atoms with Crippen molar-refractivity contribution in [2.45, 2.75) is 49.6 Å². The highest BCUT2D eigenvalue weighted by atomic mass is 32.2. The molecule has 6 atom stereocenters. The summed E-state index contributed by atoms with van der Waals surface area (Å²) in [6, 6.07) is 25.8. The molecule has 0 bridgehead atoms. The minimum absolute atomic E-state index is 0.304. The van der Waals surface area contributed by atoms with Crippen molar-refractivity contribution in [1.82, 2.24) is 4.90 Å². The molecule has 3 heterocycles. The number of benzene rings is 3. The monoisotopic (exact) mass is 531 g/mol. The Morgan fingerprint density at radius 2 is 1.50 bits per heavy atom. The van der Waals surface area contributed by atoms with E-state index in [-0.39, 0.29) is 11.8 Å². The molecule has 0 N–H and O–H groups in total. The van der Waals surface area contributed by atoms with Crippen LogP contribution >= 0.6 is 11.8 Å². The second-order valence-electron chi connectivity index (χ2n) is 9.45. The smallest absolute Gasteiger partial charge is 0.262 e. The fourth-order valence-electron chi connectivity index (χ4n) is 5.35. The summed E-state index contributed by atoms with van der Waals surface area (Å²) in [5, 5.41) is 0. The molecule has 38 heavy (non-hydrogen) atoms. The molecule has 3 aliphatic heterocycles. The molecule has 0 unspecified atom stereocenters. The molecule has 0 saturated carbocycles. The highest BCUT2D eigenvalue weighted by Gasteiger charge is 2.56. The fraction of sp³-hybridized carbons (Fsp3) is 0.333. The lowest BCUT2D eigenvalue weighted by molar-refractivity contribution is -0.316. The van der Waals surface area contributed by atoms with Crippen LogP contribution in [0.4, 0.5) is 0 Å². The maximum absolute atomic E-state index is 13.6. The zero-order valence-electron chi connectivity index (χ0n) is 21.0. The number of fused-ring (bicyclic) bond motifs is 2. The van der Waals surface area contributed by atoms with Gasteiger partial charge in [0.2, 0.25) is 0 Å². The summed E-state index contributed by atoms with van der Waals surface area (Å²) in [6.07, 6.45) is -2.20. The molecule has 6 rings (SSSR count). The highest BCUT2D eigenvalue weighted by Crippen LogP contribution is 2.42. The predicted octanol–water partition coefficient (Wildman–Crippen LogP) is 4.83. The van der Waals surface area contributed by atoms with Crippen molar-refractivity contribution in [3.8, 4) is 0 Å². The Hall–Kier alpha value is -3.01. The van der Waals surface area contributed by atoms with Gasteiger partial charge in [0.05, 0.1) is 24.3 Å². The van der Waals surface area contributed by atoms with E-state index < -0.39 is 36.1 Å². The summed E-state index contributed by atoms with van der Waals surface area (Å²) in [4.78, 5) is 28.6. The lowest BCUT2D eigenvalue weighted by Gasteiger charge is -2.51. The lowest BCUT2D eigenvalue weighted by Crippen LogP contribution is -2.67. The van der Waals surface area contributed by atoms with Gasteiger partial charge in [0.1, 0.15) is 29.8 Å². The van der Waals surface area contributed by atoms with Gasteiger partial charge in [-0.15, -0.1) is 11.8 Å². The van der Waals surface area contributed by atoms with Crippen LogP contribution in [0.3, 0.4) is 0 Å². The maximum Gasteiger partial charge on any atom is 0.262 e. The van der Waals surface area contributed by atoms with Gasteiger partial charge in [-0.05, 0) is 23.4 Å². The van der Waals surface area contributed by atoms with Crippen LogP contribution < -0.4 is 0 Å². The summed E-state index contributed by atoms with van der Waals surface area (Å²) in [7, 11) is 0. The first kappa shape index (κ1) is 25.3. The number of carbonyl (C=O) groups excluding carboxylic acids is 2. The standard InChI is InChI=1S/C30H29NO6S/c1-2-38-30-24(31-27(32)21-15-9-10-16-22(21)28(31)33)26(34-17-19-11-5-3-6-12-19)25-23(36-30)18-35-29(37-25)20-13-7-4-8-14-20/h3-16,23-26,29-30H,2,17-18H2,1H3/t23-,24-,25-,26-,29-,30+/m1/s1. The molecule has 2 saturated heterocycles. The van der Waals surface area contributed by atoms with Gasteiger partial charge in [-0.1, -0.05) is 79.7 Å². The van der Waals surface area contributed by atoms with Crippen LogP contribution in [-0.2, 0) is 25.6 Å². The average molecular weight is 532 g/mol. The SMILES string of the molecule is CCS[C@@H]1O[C@@H]2CO[C@@H](c3ccccc3)O[C@H]2[C@H](OCc2ccccc2)[C@H]1N1C(=O)c2ccccc2C1=O. The van der Waals surface area contributed by atoms with Crippen LogP contribution in [0.5, 0.6) is 0 Å². The van der Waals surface area contributed by atoms with Crippen LogP contribution in [0.2, 0.25) is 0 Å². The van der Waals surface area contributed by atoms with Crippen LogP contribution in [-0.4, -0.2) is 58.9 Å². The van der Waals surface area contributed by atoms with Crippen molar-refractivity contribution in [1.29, 1.82) is 0 Å². The molecular weight excluding hydrogens is 502 g/mol. The van der Waals surface area contributed by atoms with E-state index in [2.05, 4.69) is 0 Å². The summed E-state index contributed by atoms with van der Waals surface area (Å²) >= 11 is 1.55. The third-order valence-corrected chi connectivity index (χ3v) is 8.17. The van der Waals surface area contributed by atoms with E-state index in [1.54, 1.807) is 36.0 Å². The van der Waals surface area contributed by atoms with E-state index in [9.17, 15) is 9.59 Å². The third kappa shape index (κ3) is 4.67. The number of carbonyl (C=O) groups is 2. The van der Waals surface area contributed by atoms with Crippen LogP contribution in [0, 0.1) is 0 Å². The number of hydrogen-bond donors (Lipinski definition) is 0. The number of imide groups is 1. The van der Waals surface area contributed by atoms with Gasteiger partial charge < -0.3 is 18.9 Å². The number of rotatable bonds is 7. The largest absolute Gasteiger partial charge is 0.368 e. The molecule has 3 aliphatic rings. The molecule has 3 aromatic carbocycles. The average Bonchev–Trinajstić information content (AvgIpc) is 3.22. The molecule has 2 fully saturated rings. The van der Waals surface area contributed by atoms with E-state index in [0.29, 0.717) is 24.3 Å². The summed E-state index contributed by atoms with van der Waals surface area (Å²) in [5.74, 6) is 0.0697. The number of amides is 2. The third-order valence-electron chi connectivity index (χ3n) is 7.12. The fourth-order valence-corrected chi connectivity index (χ4v) is 6.37. The van der Waals surface area contributed by atoms with Crippen molar-refractivity contribution in [2.24, 2.45) is 0 Å². The van der Waals surface area contributed by atoms with Gasteiger partial charge in [0.25, 0.3) is 11.8 Å². The zero-order chi connectivity index (χ0) is 26.1. The summed E-state index contributed by atoms with van der Waals surface area (Å²) < 4.78 is 25.7. The molecule has 7 nitrogen and oxygen atoms in total. The molecule has 8 heteroatoms. The van der Waals surface area contributed by atoms with Crippen molar-refractivity contribution >= 4 is 23.6 Å². The zero-order valence-corrected chi connectivity index (χ0v) is 21.8. The second-order valence-corrected chi connectivity index (χ2v) is 10.8. The van der Waals surface area contributed by atoms with Gasteiger partial charge in [0.15, 0.2) is 6.29 Å². The van der Waals surface area contributed by atoms with E-state index in [1.165, 1.54) is 4.90 Å². The first-order chi connectivity index (χ1) is 18.7. The molecule has 0 aliphatic carbocycles. The van der Waals surface area contributed by atoms with Crippen LogP contribution in [0.1, 0.15) is 45.1 Å². The molecule has 0 aromatic heterocycles. The van der Waals surface area contributed by atoms with E-state index in [4.69, 9.17) is 18.9 Å². The number of thioether (sulfide) groups is 1. The Balaban J connectivity index is 1.37. The van der Waals surface area contributed by atoms with Gasteiger partial charge >= 0.3 is 0 Å². The van der Waals surface area contributed by atoms with Crippen LogP contribution in [0.25, 0.3) is 0 Å². The van der Waals surface area contributed by atoms with E-state index >= 15 is 0 Å². The summed E-state index contributed by atoms with van der Waals surface area (Å²) in [6.45, 7) is 2.64. The number of ether oxygens (including phenoxy) is 4. The summed E-state index contributed by atoms with van der Waals surface area (Å²) in [5.41, 5.74) is 2.18. The Morgan fingerprint density at radius 3 is 2.16 bits per heavy atom. The molecule has 196 valence electrons. The first-order valence-electron chi connectivity index (χ1n) is 12.9. The molecule has 0 radical (unpaired) electrons. The highest BCUT2D eigenvalue weighted by molar-refractivity contribution is 7.99. The van der Waals surface area contributed by atoms with Crippen molar-refractivity contribution in [3.63, 3.8) is 0 Å². The lowest BCUT2D eigenvalue weighted by atomic mass is 9.95. The quantitative estimate of drug-likeness (QED) is 0.405. The maximum atomic E-state index is 13.6. The molecule has 2 amide bonds. The number of hydrogen-bond acceptors (Lipinski definition) is 7. The Labute approximate surface area is 226 Å². The molecular formula is C30H29NO6S. The second kappa shape index (κ2) is 11.0. The normalized spacial score (nSPS) is 28.7. The van der Waals surface area contributed by atoms with E-state index in [0.717, 1.165) is 16.9 Å². The van der Waals surface area contributed by atoms with Crippen LogP contribution in [0.15, 0.2) is 84.9 Å². The number of nitrogens with zero attached hydrogens (tertiary/aromatic N) is 1. The van der Waals surface area contributed by atoms with Gasteiger partial charge in [-0.3, -0.25) is 14.5 Å². The minimum atomic E-state index is -0.688. The first-order valence-corrected chi connectivity index (χ1v) is 13.9. The Bertz CT molecular complexity index is 1250. The Morgan fingerprint density at radius 1 is 0.868 bits per heavy atom. The Kier molecular flexibility index (Phi) is 7.32. The topological polar surface area (TPSA) is 74.3 Å².